The zero-order valence-electron chi connectivity index (χ0n) is 11.9. The Morgan fingerprint density at radius 1 is 1.24 bits per heavy atom. The Bertz CT molecular complexity index is 557. The molecule has 2 atom stereocenters. The first-order valence-electron chi connectivity index (χ1n) is 6.38. The van der Waals surface area contributed by atoms with E-state index in [-0.39, 0.29) is 16.5 Å². The quantitative estimate of drug-likeness (QED) is 0.639. The van der Waals surface area contributed by atoms with Crippen LogP contribution >= 0.6 is 15.9 Å². The molecule has 0 radical (unpaired) electrons. The van der Waals surface area contributed by atoms with Crippen LogP contribution in [0.2, 0.25) is 0 Å². The van der Waals surface area contributed by atoms with Gasteiger partial charge in [-0.2, -0.15) is 0 Å². The molecule has 1 aromatic rings. The normalized spacial score (nSPS) is 26.2. The van der Waals surface area contributed by atoms with Gasteiger partial charge in [-0.3, -0.25) is 0 Å². The highest BCUT2D eigenvalue weighted by molar-refractivity contribution is 9.08. The summed E-state index contributed by atoms with van der Waals surface area (Å²) in [6.07, 6.45) is -1.52. The van der Waals surface area contributed by atoms with Gasteiger partial charge in [0.2, 0.25) is 0 Å². The predicted molar refractivity (Wildman–Crippen MR) is 76.6 cm³/mol. The van der Waals surface area contributed by atoms with E-state index in [9.17, 15) is 18.9 Å². The third-order valence-corrected chi connectivity index (χ3v) is 4.67. The fourth-order valence-electron chi connectivity index (χ4n) is 2.45. The number of rotatable bonds is 3. The smallest absolute Gasteiger partial charge is 0.402 e. The van der Waals surface area contributed by atoms with Crippen molar-refractivity contribution in [2.45, 2.75) is 43.4 Å². The second-order valence-corrected chi connectivity index (χ2v) is 6.18. The highest BCUT2D eigenvalue weighted by Gasteiger charge is 2.59. The zero-order chi connectivity index (χ0) is 16.0. The molecule has 8 heteroatoms. The molecule has 1 aromatic carbocycles. The molecule has 2 rings (SSSR count). The van der Waals surface area contributed by atoms with Gasteiger partial charge in [-0.15, -0.1) is 0 Å². The minimum atomic E-state index is -1.54. The average molecular weight is 365 g/mol. The Balaban J connectivity index is 2.55. The maximum absolute atomic E-state index is 14.1. The molecule has 0 aromatic heterocycles. The van der Waals surface area contributed by atoms with E-state index in [1.807, 2.05) is 0 Å². The Kier molecular flexibility index (Phi) is 4.48. The molecule has 0 bridgehead atoms. The maximum atomic E-state index is 14.1. The van der Waals surface area contributed by atoms with E-state index in [0.29, 0.717) is 0 Å². The largest absolute Gasteiger partial charge is 0.637 e. The van der Waals surface area contributed by atoms with Gasteiger partial charge in [-0.25, -0.2) is 8.78 Å². The third kappa shape index (κ3) is 2.64. The predicted octanol–water partition coefficient (Wildman–Crippen LogP) is 2.45. The second-order valence-electron chi connectivity index (χ2n) is 5.62. The van der Waals surface area contributed by atoms with Crippen LogP contribution in [0.1, 0.15) is 38.0 Å². The first kappa shape index (κ1) is 16.8. The molecular weight excluding hydrogens is 349 g/mol. The number of benzene rings is 1. The fraction of sp³-hybridized carbons (Fsp3) is 0.538. The van der Waals surface area contributed by atoms with Gasteiger partial charge in [0, 0.05) is 16.5 Å². The number of aliphatic hydroxyl groups is 1. The summed E-state index contributed by atoms with van der Waals surface area (Å²) >= 11 is 3.09. The number of halogens is 3. The van der Waals surface area contributed by atoms with Crippen LogP contribution in [0, 0.1) is 11.6 Å². The maximum Gasteiger partial charge on any atom is 0.637 e. The van der Waals surface area contributed by atoms with E-state index in [1.165, 1.54) is 6.92 Å². The van der Waals surface area contributed by atoms with Gasteiger partial charge in [0.25, 0.3) is 0 Å². The lowest BCUT2D eigenvalue weighted by Gasteiger charge is -2.40. The molecule has 1 heterocycles. The van der Waals surface area contributed by atoms with Gasteiger partial charge < -0.3 is 19.4 Å². The number of aliphatic hydroxyl groups excluding tert-OH is 1. The third-order valence-electron chi connectivity index (χ3n) is 4.11. The van der Waals surface area contributed by atoms with Crippen molar-refractivity contribution in [1.82, 2.24) is 0 Å². The number of alkyl halides is 1. The standard InChI is InChI=1S/C13H16BBrF2O4/c1-12(2)13(3,21-14(19)20-12)11(18)10-7(6-15)8(16)4-5-9(10)17/h4-5,11,18-19H,6H2,1-3H3. The van der Waals surface area contributed by atoms with Crippen LogP contribution in [0.25, 0.3) is 0 Å². The summed E-state index contributed by atoms with van der Waals surface area (Å²) in [6, 6.07) is 1.94. The molecule has 2 N–H and O–H groups in total. The van der Waals surface area contributed by atoms with Crippen LogP contribution in [-0.4, -0.2) is 28.7 Å². The Hall–Kier alpha value is -0.535. The van der Waals surface area contributed by atoms with Crippen LogP contribution in [-0.2, 0) is 14.6 Å². The van der Waals surface area contributed by atoms with Gasteiger partial charge in [-0.05, 0) is 32.9 Å². The van der Waals surface area contributed by atoms with Crippen LogP contribution in [0.4, 0.5) is 8.78 Å². The van der Waals surface area contributed by atoms with Gasteiger partial charge in [0.15, 0.2) is 0 Å². The molecule has 0 saturated carbocycles. The van der Waals surface area contributed by atoms with Gasteiger partial charge in [0.05, 0.1) is 5.60 Å². The van der Waals surface area contributed by atoms with E-state index in [1.54, 1.807) is 13.8 Å². The lowest BCUT2D eigenvalue weighted by molar-refractivity contribution is -0.101. The number of hydrogen-bond acceptors (Lipinski definition) is 4. The van der Waals surface area contributed by atoms with E-state index in [2.05, 4.69) is 15.9 Å². The Morgan fingerprint density at radius 2 is 1.81 bits per heavy atom. The molecule has 2 unspecified atom stereocenters. The van der Waals surface area contributed by atoms with E-state index >= 15 is 0 Å². The SMILES string of the molecule is CC1(C)OB(O)OC1(C)C(O)c1c(F)ccc(F)c1CBr. The molecule has 21 heavy (non-hydrogen) atoms. The molecule has 116 valence electrons. The summed E-state index contributed by atoms with van der Waals surface area (Å²) in [7, 11) is -1.54. The molecule has 1 fully saturated rings. The topological polar surface area (TPSA) is 58.9 Å². The minimum absolute atomic E-state index is 0.00418. The van der Waals surface area contributed by atoms with Crippen molar-refractivity contribution in [3.05, 3.63) is 34.9 Å². The van der Waals surface area contributed by atoms with Crippen LogP contribution in [0.3, 0.4) is 0 Å². The van der Waals surface area contributed by atoms with Crippen LogP contribution < -0.4 is 0 Å². The summed E-state index contributed by atoms with van der Waals surface area (Å²) in [5.41, 5.74) is -2.75. The lowest BCUT2D eigenvalue weighted by atomic mass is 9.79. The summed E-state index contributed by atoms with van der Waals surface area (Å²) < 4.78 is 38.4. The second kappa shape index (κ2) is 5.59. The van der Waals surface area contributed by atoms with Gasteiger partial charge in [0.1, 0.15) is 23.3 Å². The highest BCUT2D eigenvalue weighted by Crippen LogP contribution is 2.46. The zero-order valence-corrected chi connectivity index (χ0v) is 13.4. The summed E-state index contributed by atoms with van der Waals surface area (Å²) in [5, 5.41) is 20.2. The van der Waals surface area contributed by atoms with Crippen molar-refractivity contribution >= 4 is 23.3 Å². The molecule has 0 aliphatic carbocycles. The fourth-order valence-corrected chi connectivity index (χ4v) is 3.02. The Morgan fingerprint density at radius 3 is 2.29 bits per heavy atom. The van der Waals surface area contributed by atoms with Crippen molar-refractivity contribution in [2.24, 2.45) is 0 Å². The highest BCUT2D eigenvalue weighted by atomic mass is 79.9. The van der Waals surface area contributed by atoms with E-state index < -0.39 is 36.3 Å². The monoisotopic (exact) mass is 364 g/mol. The molecular formula is C13H16BBrF2O4. The summed E-state index contributed by atoms with van der Waals surface area (Å²) in [5.74, 6) is -1.39. The van der Waals surface area contributed by atoms with E-state index in [0.717, 1.165) is 12.1 Å². The molecule has 0 spiro atoms. The van der Waals surface area contributed by atoms with Crippen molar-refractivity contribution in [1.29, 1.82) is 0 Å². The van der Waals surface area contributed by atoms with Crippen LogP contribution in [0.5, 0.6) is 0 Å². The minimum Gasteiger partial charge on any atom is -0.402 e. The number of hydrogen-bond donors (Lipinski definition) is 2. The van der Waals surface area contributed by atoms with Crippen molar-refractivity contribution in [2.75, 3.05) is 0 Å². The molecule has 1 aliphatic rings. The van der Waals surface area contributed by atoms with Crippen molar-refractivity contribution in [3.8, 4) is 0 Å². The van der Waals surface area contributed by atoms with Crippen LogP contribution in [0.15, 0.2) is 12.1 Å². The molecule has 0 amide bonds. The molecule has 1 saturated heterocycles. The average Bonchev–Trinajstić information content (AvgIpc) is 2.60. The molecule has 1 aliphatic heterocycles. The first-order chi connectivity index (χ1) is 9.64. The lowest BCUT2D eigenvalue weighted by Crippen LogP contribution is -2.50. The van der Waals surface area contributed by atoms with Gasteiger partial charge >= 0.3 is 7.32 Å². The first-order valence-corrected chi connectivity index (χ1v) is 7.50. The van der Waals surface area contributed by atoms with Gasteiger partial charge in [-0.1, -0.05) is 15.9 Å². The Labute approximate surface area is 130 Å². The summed E-state index contributed by atoms with van der Waals surface area (Å²) in [6.45, 7) is 4.67. The van der Waals surface area contributed by atoms with E-state index in [4.69, 9.17) is 9.31 Å². The van der Waals surface area contributed by atoms with Crippen molar-refractivity contribution in [3.63, 3.8) is 0 Å². The van der Waals surface area contributed by atoms with Crippen molar-refractivity contribution < 1.29 is 28.2 Å². The molecule has 4 nitrogen and oxygen atoms in total. The summed E-state index contributed by atoms with van der Waals surface area (Å²) in [4.78, 5) is 0.